The fourth-order valence-electron chi connectivity index (χ4n) is 2.99. The predicted molar refractivity (Wildman–Crippen MR) is 116 cm³/mol. The summed E-state index contributed by atoms with van der Waals surface area (Å²) >= 11 is 7.37. The van der Waals surface area contributed by atoms with Crippen LogP contribution in [-0.2, 0) is 17.0 Å². The number of nitrogens with one attached hydrogen (secondary N) is 1. The Labute approximate surface area is 173 Å². The van der Waals surface area contributed by atoms with E-state index in [-0.39, 0.29) is 17.6 Å². The van der Waals surface area contributed by atoms with Gasteiger partial charge >= 0.3 is 5.63 Å². The first-order valence-electron chi connectivity index (χ1n) is 9.14. The molecule has 1 heterocycles. The normalized spacial score (nSPS) is 12.1. The molecule has 0 unspecified atom stereocenters. The Kier molecular flexibility index (Phi) is 6.81. The molecule has 1 amide bonds. The van der Waals surface area contributed by atoms with Crippen LogP contribution in [0.25, 0.3) is 11.0 Å². The predicted octanol–water partition coefficient (Wildman–Crippen LogP) is 5.12. The number of amides is 1. The van der Waals surface area contributed by atoms with Gasteiger partial charge in [-0.05, 0) is 48.2 Å². The van der Waals surface area contributed by atoms with E-state index in [4.69, 9.17) is 16.0 Å². The number of hydrogen-bond donors (Lipinski definition) is 1. The van der Waals surface area contributed by atoms with Gasteiger partial charge < -0.3 is 9.73 Å². The number of carbonyl (C=O) groups is 1. The van der Waals surface area contributed by atoms with Crippen molar-refractivity contribution >= 4 is 40.2 Å². The Bertz CT molecular complexity index is 1030. The molecule has 0 fully saturated rings. The molecule has 3 rings (SSSR count). The summed E-state index contributed by atoms with van der Waals surface area (Å²) in [6.45, 7) is 4.00. The van der Waals surface area contributed by atoms with Gasteiger partial charge in [0.1, 0.15) is 5.58 Å². The van der Waals surface area contributed by atoms with Crippen LogP contribution in [0.1, 0.15) is 36.6 Å². The van der Waals surface area contributed by atoms with Crippen LogP contribution in [0.15, 0.2) is 57.7 Å². The quantitative estimate of drug-likeness (QED) is 0.544. The third-order valence-electron chi connectivity index (χ3n) is 4.54. The Hall–Kier alpha value is -2.24. The summed E-state index contributed by atoms with van der Waals surface area (Å²) in [5.74, 6) is 0.830. The zero-order chi connectivity index (χ0) is 20.1. The molecule has 0 aliphatic rings. The maximum Gasteiger partial charge on any atom is 0.336 e. The second-order valence-electron chi connectivity index (χ2n) is 6.61. The molecule has 4 nitrogen and oxygen atoms in total. The third-order valence-corrected chi connectivity index (χ3v) is 5.77. The number of aryl methyl sites for hydroxylation is 1. The number of rotatable bonds is 7. The van der Waals surface area contributed by atoms with Crippen molar-refractivity contribution in [1.29, 1.82) is 0 Å². The van der Waals surface area contributed by atoms with Crippen LogP contribution in [-0.4, -0.2) is 11.7 Å². The lowest BCUT2D eigenvalue weighted by atomic mass is 10.1. The van der Waals surface area contributed by atoms with Gasteiger partial charge in [0.15, 0.2) is 0 Å². The molecule has 0 saturated heterocycles. The fourth-order valence-corrected chi connectivity index (χ4v) is 3.94. The van der Waals surface area contributed by atoms with Crippen LogP contribution in [0.2, 0.25) is 5.02 Å². The standard InChI is InChI=1S/C22H22ClNO3S/c1-3-15-4-9-19-17(11-22(26)27-20(19)10-15)12-28-13-21(25)24-14(2)16-5-7-18(23)8-6-16/h4-11,14H,3,12-13H2,1-2H3,(H,24,25)/t14-/m0/s1. The van der Waals surface area contributed by atoms with Gasteiger partial charge in [-0.2, -0.15) is 0 Å². The molecule has 0 radical (unpaired) electrons. The highest BCUT2D eigenvalue weighted by Crippen LogP contribution is 2.23. The van der Waals surface area contributed by atoms with Crippen LogP contribution in [0.4, 0.5) is 0 Å². The van der Waals surface area contributed by atoms with Crippen molar-refractivity contribution in [2.24, 2.45) is 0 Å². The highest BCUT2D eigenvalue weighted by Gasteiger charge is 2.11. The van der Waals surface area contributed by atoms with E-state index >= 15 is 0 Å². The van der Waals surface area contributed by atoms with Crippen LogP contribution in [0.3, 0.4) is 0 Å². The number of benzene rings is 2. The first-order chi connectivity index (χ1) is 13.5. The van der Waals surface area contributed by atoms with E-state index in [1.165, 1.54) is 17.8 Å². The van der Waals surface area contributed by atoms with Gasteiger partial charge in [0.2, 0.25) is 5.91 Å². The maximum atomic E-state index is 12.3. The summed E-state index contributed by atoms with van der Waals surface area (Å²) in [5, 5.41) is 4.57. The van der Waals surface area contributed by atoms with E-state index in [9.17, 15) is 9.59 Å². The van der Waals surface area contributed by atoms with Gasteiger partial charge in [-0.25, -0.2) is 4.79 Å². The largest absolute Gasteiger partial charge is 0.423 e. The SMILES string of the molecule is CCc1ccc2c(CSCC(=O)N[C@@H](C)c3ccc(Cl)cc3)cc(=O)oc2c1. The van der Waals surface area contributed by atoms with E-state index < -0.39 is 0 Å². The second kappa shape index (κ2) is 9.30. The van der Waals surface area contributed by atoms with E-state index in [2.05, 4.69) is 12.2 Å². The van der Waals surface area contributed by atoms with E-state index in [1.54, 1.807) is 0 Å². The van der Waals surface area contributed by atoms with Crippen molar-refractivity contribution in [3.63, 3.8) is 0 Å². The van der Waals surface area contributed by atoms with Crippen molar-refractivity contribution < 1.29 is 9.21 Å². The van der Waals surface area contributed by atoms with Crippen LogP contribution >= 0.6 is 23.4 Å². The summed E-state index contributed by atoms with van der Waals surface area (Å²) in [5.41, 5.74) is 3.25. The molecule has 0 aliphatic heterocycles. The topological polar surface area (TPSA) is 59.3 Å². The molecule has 1 N–H and O–H groups in total. The average Bonchev–Trinajstić information content (AvgIpc) is 2.67. The maximum absolute atomic E-state index is 12.3. The molecule has 1 aromatic heterocycles. The number of fused-ring (bicyclic) bond motifs is 1. The molecular weight excluding hydrogens is 394 g/mol. The number of hydrogen-bond acceptors (Lipinski definition) is 4. The third kappa shape index (κ3) is 5.18. The smallest absolute Gasteiger partial charge is 0.336 e. The van der Waals surface area contributed by atoms with Gasteiger partial charge in [-0.15, -0.1) is 11.8 Å². The van der Waals surface area contributed by atoms with Gasteiger partial charge in [0.05, 0.1) is 11.8 Å². The number of halogens is 1. The first-order valence-corrected chi connectivity index (χ1v) is 10.7. The molecular formula is C22H22ClNO3S. The minimum atomic E-state index is -0.364. The molecule has 146 valence electrons. The average molecular weight is 416 g/mol. The molecule has 0 aliphatic carbocycles. The lowest BCUT2D eigenvalue weighted by Crippen LogP contribution is -2.28. The van der Waals surface area contributed by atoms with Crippen molar-refractivity contribution in [2.75, 3.05) is 5.75 Å². The Morgan fingerprint density at radius 3 is 2.64 bits per heavy atom. The highest BCUT2D eigenvalue weighted by atomic mass is 35.5. The minimum absolute atomic E-state index is 0.0482. The molecule has 0 spiro atoms. The van der Waals surface area contributed by atoms with Gasteiger partial charge in [-0.1, -0.05) is 42.8 Å². The first kappa shape index (κ1) is 20.5. The lowest BCUT2D eigenvalue weighted by Gasteiger charge is -2.14. The molecule has 0 bridgehead atoms. The van der Waals surface area contributed by atoms with Crippen molar-refractivity contribution in [1.82, 2.24) is 5.32 Å². The van der Waals surface area contributed by atoms with Crippen LogP contribution < -0.4 is 10.9 Å². The summed E-state index contributed by atoms with van der Waals surface area (Å²) in [6, 6.07) is 14.8. The minimum Gasteiger partial charge on any atom is -0.423 e. The molecule has 2 aromatic carbocycles. The summed E-state index contributed by atoms with van der Waals surface area (Å²) in [6.07, 6.45) is 0.880. The number of carbonyl (C=O) groups excluding carboxylic acids is 1. The summed E-state index contributed by atoms with van der Waals surface area (Å²) in [7, 11) is 0. The number of thioether (sulfide) groups is 1. The second-order valence-corrected chi connectivity index (χ2v) is 8.03. The fraction of sp³-hybridized carbons (Fsp3) is 0.273. The Morgan fingerprint density at radius 2 is 1.93 bits per heavy atom. The monoisotopic (exact) mass is 415 g/mol. The Balaban J connectivity index is 1.60. The Morgan fingerprint density at radius 1 is 1.18 bits per heavy atom. The molecule has 1 atom stereocenters. The van der Waals surface area contributed by atoms with E-state index in [0.717, 1.165) is 28.5 Å². The van der Waals surface area contributed by atoms with Crippen molar-refractivity contribution in [2.45, 2.75) is 32.1 Å². The lowest BCUT2D eigenvalue weighted by molar-refractivity contribution is -0.119. The van der Waals surface area contributed by atoms with Crippen LogP contribution in [0, 0.1) is 0 Å². The van der Waals surface area contributed by atoms with E-state index in [1.807, 2.05) is 49.4 Å². The zero-order valence-electron chi connectivity index (χ0n) is 15.8. The molecule has 0 saturated carbocycles. The highest BCUT2D eigenvalue weighted by molar-refractivity contribution is 7.99. The summed E-state index contributed by atoms with van der Waals surface area (Å²) in [4.78, 5) is 24.1. The van der Waals surface area contributed by atoms with Crippen LogP contribution in [0.5, 0.6) is 0 Å². The van der Waals surface area contributed by atoms with Crippen molar-refractivity contribution in [3.05, 3.63) is 80.7 Å². The van der Waals surface area contributed by atoms with Gasteiger partial charge in [-0.3, -0.25) is 4.79 Å². The zero-order valence-corrected chi connectivity index (χ0v) is 17.4. The van der Waals surface area contributed by atoms with Gasteiger partial charge in [0.25, 0.3) is 0 Å². The van der Waals surface area contributed by atoms with E-state index in [0.29, 0.717) is 22.1 Å². The van der Waals surface area contributed by atoms with Gasteiger partial charge in [0, 0.05) is 22.2 Å². The molecule has 6 heteroatoms. The van der Waals surface area contributed by atoms with Crippen molar-refractivity contribution in [3.8, 4) is 0 Å². The summed E-state index contributed by atoms with van der Waals surface area (Å²) < 4.78 is 5.33. The molecule has 28 heavy (non-hydrogen) atoms. The molecule has 3 aromatic rings.